The highest BCUT2D eigenvalue weighted by atomic mass is 35.5. The molecule has 9 heteroatoms. The number of pyridine rings is 1. The molecule has 2 fully saturated rings. The van der Waals surface area contributed by atoms with E-state index in [-0.39, 0.29) is 10.7 Å². The molecule has 8 nitrogen and oxygen atoms in total. The number of halogens is 1. The maximum atomic E-state index is 11.8. The minimum Gasteiger partial charge on any atom is -0.378 e. The molecule has 0 aliphatic carbocycles. The highest BCUT2D eigenvalue weighted by molar-refractivity contribution is 6.29. The Labute approximate surface area is 156 Å². The van der Waals surface area contributed by atoms with Gasteiger partial charge in [0, 0.05) is 31.7 Å². The number of hydrogen-bond donors (Lipinski definition) is 2. The Balaban J connectivity index is 1.42. The molecule has 26 heavy (non-hydrogen) atoms. The first-order valence-electron chi connectivity index (χ1n) is 8.67. The Morgan fingerprint density at radius 1 is 1.35 bits per heavy atom. The van der Waals surface area contributed by atoms with E-state index in [4.69, 9.17) is 16.3 Å². The summed E-state index contributed by atoms with van der Waals surface area (Å²) in [5, 5.41) is 9.16. The van der Waals surface area contributed by atoms with Crippen LogP contribution in [0.2, 0.25) is 5.15 Å². The van der Waals surface area contributed by atoms with E-state index in [0.29, 0.717) is 23.6 Å². The second-order valence-corrected chi connectivity index (χ2v) is 7.08. The van der Waals surface area contributed by atoms with Crippen LogP contribution in [0.5, 0.6) is 0 Å². The molecule has 0 unspecified atom stereocenters. The van der Waals surface area contributed by atoms with Crippen molar-refractivity contribution in [3.05, 3.63) is 39.9 Å². The van der Waals surface area contributed by atoms with Gasteiger partial charge in [0.2, 0.25) is 0 Å². The Morgan fingerprint density at radius 2 is 2.19 bits per heavy atom. The number of piperazine rings is 1. The lowest BCUT2D eigenvalue weighted by Gasteiger charge is -2.46. The minimum atomic E-state index is -0.343. The average molecular weight is 377 g/mol. The first-order chi connectivity index (χ1) is 12.6. The normalized spacial score (nSPS) is 21.5. The van der Waals surface area contributed by atoms with E-state index in [1.807, 2.05) is 18.3 Å². The summed E-state index contributed by atoms with van der Waals surface area (Å²) >= 11 is 5.81. The lowest BCUT2D eigenvalue weighted by atomic mass is 10.1. The third kappa shape index (κ3) is 3.53. The van der Waals surface area contributed by atoms with E-state index >= 15 is 0 Å². The largest absolute Gasteiger partial charge is 0.378 e. The molecule has 0 amide bonds. The molecule has 2 aromatic rings. The number of aromatic amines is 1. The van der Waals surface area contributed by atoms with Gasteiger partial charge in [-0.25, -0.2) is 10.1 Å². The Bertz CT molecular complexity index is 823. The van der Waals surface area contributed by atoms with Crippen molar-refractivity contribution in [3.8, 4) is 0 Å². The summed E-state index contributed by atoms with van der Waals surface area (Å²) in [6.45, 7) is 6.96. The molecular formula is C17H21ClN6O2. The third-order valence-corrected chi connectivity index (χ3v) is 5.10. The molecule has 138 valence electrons. The molecule has 0 aromatic carbocycles. The Morgan fingerprint density at radius 3 is 2.85 bits per heavy atom. The molecule has 2 aromatic heterocycles. The van der Waals surface area contributed by atoms with Crippen molar-refractivity contribution in [2.75, 3.05) is 43.1 Å². The summed E-state index contributed by atoms with van der Waals surface area (Å²) in [6, 6.07) is 6.34. The monoisotopic (exact) mass is 376 g/mol. The molecule has 4 rings (SSSR count). The maximum Gasteiger partial charge on any atom is 0.287 e. The molecule has 0 bridgehead atoms. The number of nitrogens with zero attached hydrogens (tertiary/aromatic N) is 4. The number of rotatable bonds is 4. The zero-order valence-corrected chi connectivity index (χ0v) is 15.2. The summed E-state index contributed by atoms with van der Waals surface area (Å²) in [6.07, 6.45) is 1.83. The van der Waals surface area contributed by atoms with E-state index in [9.17, 15) is 4.79 Å². The van der Waals surface area contributed by atoms with Gasteiger partial charge in [-0.1, -0.05) is 11.6 Å². The van der Waals surface area contributed by atoms with Crippen LogP contribution in [0, 0.1) is 0 Å². The van der Waals surface area contributed by atoms with Crippen molar-refractivity contribution in [1.29, 1.82) is 0 Å². The number of nitrogens with one attached hydrogen (secondary N) is 2. The Hall–Kier alpha value is -2.16. The number of aromatic nitrogens is 3. The lowest BCUT2D eigenvalue weighted by molar-refractivity contribution is -0.0691. The zero-order valence-electron chi connectivity index (χ0n) is 14.5. The van der Waals surface area contributed by atoms with E-state index in [1.54, 1.807) is 0 Å². The van der Waals surface area contributed by atoms with Crippen LogP contribution in [-0.4, -0.2) is 65.0 Å². The highest BCUT2D eigenvalue weighted by Crippen LogP contribution is 2.24. The molecule has 4 heterocycles. The molecule has 2 aliphatic heterocycles. The van der Waals surface area contributed by atoms with Gasteiger partial charge >= 0.3 is 0 Å². The van der Waals surface area contributed by atoms with E-state index in [1.165, 1.54) is 6.07 Å². The van der Waals surface area contributed by atoms with Crippen molar-refractivity contribution >= 4 is 28.8 Å². The topological polar surface area (TPSA) is 86.4 Å². The van der Waals surface area contributed by atoms with Crippen LogP contribution in [0.1, 0.15) is 6.92 Å². The van der Waals surface area contributed by atoms with Gasteiger partial charge < -0.3 is 15.0 Å². The van der Waals surface area contributed by atoms with Crippen molar-refractivity contribution in [1.82, 2.24) is 20.1 Å². The second-order valence-electron chi connectivity index (χ2n) is 6.69. The molecule has 2 aliphatic rings. The third-order valence-electron chi connectivity index (χ3n) is 4.91. The summed E-state index contributed by atoms with van der Waals surface area (Å²) in [5.41, 5.74) is 1.05. The number of hydrogen-bond acceptors (Lipinski definition) is 7. The molecule has 2 N–H and O–H groups in total. The van der Waals surface area contributed by atoms with Crippen LogP contribution in [0.15, 0.2) is 29.2 Å². The number of H-pyrrole nitrogens is 1. The molecule has 0 spiro atoms. The van der Waals surface area contributed by atoms with Gasteiger partial charge in [0.25, 0.3) is 5.56 Å². The summed E-state index contributed by atoms with van der Waals surface area (Å²) < 4.78 is 5.30. The van der Waals surface area contributed by atoms with Crippen molar-refractivity contribution in [2.45, 2.75) is 19.0 Å². The molecule has 1 atom stereocenters. The van der Waals surface area contributed by atoms with Crippen LogP contribution in [-0.2, 0) is 4.74 Å². The first-order valence-corrected chi connectivity index (χ1v) is 9.04. The van der Waals surface area contributed by atoms with E-state index in [2.05, 4.69) is 37.2 Å². The highest BCUT2D eigenvalue weighted by Gasteiger charge is 2.32. The average Bonchev–Trinajstić information content (AvgIpc) is 2.58. The number of ether oxygens (including phenoxy) is 1. The van der Waals surface area contributed by atoms with Gasteiger partial charge in [0.1, 0.15) is 11.5 Å². The van der Waals surface area contributed by atoms with Crippen molar-refractivity contribution < 1.29 is 4.74 Å². The summed E-state index contributed by atoms with van der Waals surface area (Å²) in [7, 11) is 0. The standard InChI is InChI=1S/C17H21ClN6O2/c1-11-8-23(13-9-26-10-13)4-5-24(11)12-2-3-16(19-7-12)20-14-6-15(18)21-22-17(14)25/h2-3,6-7,11,13H,4-5,8-10H2,1H3,(H,22,25)(H,19,20,21)/t11-/m0/s1. The van der Waals surface area contributed by atoms with Gasteiger partial charge in [0.05, 0.1) is 31.1 Å². The molecular weight excluding hydrogens is 356 g/mol. The van der Waals surface area contributed by atoms with Gasteiger partial charge in [-0.15, -0.1) is 0 Å². The number of anilines is 3. The van der Waals surface area contributed by atoms with Gasteiger partial charge in [0.15, 0.2) is 5.15 Å². The van der Waals surface area contributed by atoms with Crippen molar-refractivity contribution in [2.24, 2.45) is 0 Å². The SMILES string of the molecule is C[C@H]1CN(C2COC2)CCN1c1ccc(Nc2cc(Cl)n[nH]c2=O)nc1. The fourth-order valence-electron chi connectivity index (χ4n) is 3.38. The predicted molar refractivity (Wildman–Crippen MR) is 100 cm³/mol. The zero-order chi connectivity index (χ0) is 18.1. The minimum absolute atomic E-state index is 0.215. The van der Waals surface area contributed by atoms with Crippen LogP contribution < -0.4 is 15.8 Å². The predicted octanol–water partition coefficient (Wildman–Crippen LogP) is 1.47. The first kappa shape index (κ1) is 17.3. The van der Waals surface area contributed by atoms with Crippen molar-refractivity contribution in [3.63, 3.8) is 0 Å². The summed E-state index contributed by atoms with van der Waals surface area (Å²) in [4.78, 5) is 21.1. The quantitative estimate of drug-likeness (QED) is 0.835. The molecule has 0 radical (unpaired) electrons. The van der Waals surface area contributed by atoms with E-state index < -0.39 is 0 Å². The van der Waals surface area contributed by atoms with Crippen LogP contribution >= 0.6 is 11.6 Å². The fourth-order valence-corrected chi connectivity index (χ4v) is 3.53. The molecule has 2 saturated heterocycles. The van der Waals surface area contributed by atoms with Crippen LogP contribution in [0.3, 0.4) is 0 Å². The fraction of sp³-hybridized carbons (Fsp3) is 0.471. The van der Waals surface area contributed by atoms with Crippen LogP contribution in [0.4, 0.5) is 17.2 Å². The van der Waals surface area contributed by atoms with Gasteiger partial charge in [-0.05, 0) is 19.1 Å². The summed E-state index contributed by atoms with van der Waals surface area (Å²) in [5.74, 6) is 0.583. The van der Waals surface area contributed by atoms with Gasteiger partial charge in [-0.2, -0.15) is 5.10 Å². The maximum absolute atomic E-state index is 11.8. The second kappa shape index (κ2) is 7.22. The van der Waals surface area contributed by atoms with E-state index in [0.717, 1.165) is 38.5 Å². The van der Waals surface area contributed by atoms with Gasteiger partial charge in [-0.3, -0.25) is 9.69 Å². The lowest BCUT2D eigenvalue weighted by Crippen LogP contribution is -2.59. The smallest absolute Gasteiger partial charge is 0.287 e. The van der Waals surface area contributed by atoms with Crippen LogP contribution in [0.25, 0.3) is 0 Å². The Kier molecular flexibility index (Phi) is 4.80. The molecule has 0 saturated carbocycles.